The molecule has 1 aromatic carbocycles. The number of nitrogens with zero attached hydrogens (tertiary/aromatic N) is 2. The van der Waals surface area contributed by atoms with Crippen molar-refractivity contribution < 1.29 is 0 Å². The summed E-state index contributed by atoms with van der Waals surface area (Å²) in [6.45, 7) is 0. The second-order valence-electron chi connectivity index (χ2n) is 3.08. The number of benzene rings is 1. The molecule has 0 aliphatic carbocycles. The molecule has 0 bridgehead atoms. The van der Waals surface area contributed by atoms with Gasteiger partial charge in [-0.3, -0.25) is 0 Å². The van der Waals surface area contributed by atoms with Crippen LogP contribution in [0.4, 0.5) is 5.82 Å². The molecule has 0 spiro atoms. The fraction of sp³-hybridized carbons (Fsp3) is 0. The third-order valence-corrected chi connectivity index (χ3v) is 2.94. The lowest BCUT2D eigenvalue weighted by atomic mass is 10.2. The Bertz CT molecular complexity index is 525. The maximum atomic E-state index is 5.89. The van der Waals surface area contributed by atoms with Crippen LogP contribution < -0.4 is 5.73 Å². The Morgan fingerprint density at radius 2 is 1.75 bits per heavy atom. The fourth-order valence-electron chi connectivity index (χ4n) is 1.20. The molecule has 0 aliphatic rings. The predicted molar refractivity (Wildman–Crippen MR) is 69.6 cm³/mol. The highest BCUT2D eigenvalue weighted by atomic mass is 79.9. The first kappa shape index (κ1) is 11.6. The summed E-state index contributed by atoms with van der Waals surface area (Å²) in [6, 6.07) is 5.11. The Morgan fingerprint density at radius 1 is 1.12 bits per heavy atom. The number of aromatic nitrogens is 2. The normalized spacial score (nSPS) is 10.4. The van der Waals surface area contributed by atoms with Gasteiger partial charge in [-0.25, -0.2) is 9.97 Å². The molecule has 0 unspecified atom stereocenters. The van der Waals surface area contributed by atoms with Crippen molar-refractivity contribution in [3.8, 4) is 11.4 Å². The number of hydrogen-bond donors (Lipinski definition) is 1. The van der Waals surface area contributed by atoms with E-state index in [1.54, 1.807) is 24.4 Å². The largest absolute Gasteiger partial charge is 0.383 e. The molecule has 0 atom stereocenters. The van der Waals surface area contributed by atoms with Gasteiger partial charge in [-0.2, -0.15) is 0 Å². The van der Waals surface area contributed by atoms with Gasteiger partial charge in [-0.05, 0) is 34.1 Å². The van der Waals surface area contributed by atoms with Gasteiger partial charge in [0, 0.05) is 21.8 Å². The van der Waals surface area contributed by atoms with Gasteiger partial charge in [-0.1, -0.05) is 23.2 Å². The molecule has 6 heteroatoms. The Labute approximate surface area is 111 Å². The summed E-state index contributed by atoms with van der Waals surface area (Å²) < 4.78 is 0.657. The molecular weight excluding hydrogens is 313 g/mol. The summed E-state index contributed by atoms with van der Waals surface area (Å²) in [5, 5.41) is 1.07. The van der Waals surface area contributed by atoms with Crippen LogP contribution in [0.5, 0.6) is 0 Å². The summed E-state index contributed by atoms with van der Waals surface area (Å²) in [4.78, 5) is 8.26. The number of anilines is 1. The summed E-state index contributed by atoms with van der Waals surface area (Å²) >= 11 is 15.0. The minimum Gasteiger partial charge on any atom is -0.383 e. The van der Waals surface area contributed by atoms with Crippen LogP contribution in [-0.2, 0) is 0 Å². The molecule has 0 saturated heterocycles. The molecule has 2 N–H and O–H groups in total. The SMILES string of the molecule is Nc1nc(-c2cc(Cl)cc(Cl)c2)ncc1Br. The molecule has 16 heavy (non-hydrogen) atoms. The third kappa shape index (κ3) is 2.45. The van der Waals surface area contributed by atoms with E-state index in [1.807, 2.05) is 0 Å². The van der Waals surface area contributed by atoms with Crippen LogP contribution >= 0.6 is 39.1 Å². The summed E-state index contributed by atoms with van der Waals surface area (Å²) in [6.07, 6.45) is 1.59. The van der Waals surface area contributed by atoms with E-state index in [0.29, 0.717) is 26.2 Å². The van der Waals surface area contributed by atoms with E-state index >= 15 is 0 Å². The minimum absolute atomic E-state index is 0.376. The van der Waals surface area contributed by atoms with Gasteiger partial charge in [0.25, 0.3) is 0 Å². The van der Waals surface area contributed by atoms with E-state index in [2.05, 4.69) is 25.9 Å². The van der Waals surface area contributed by atoms with Crippen LogP contribution in [0.1, 0.15) is 0 Å². The van der Waals surface area contributed by atoms with E-state index in [1.165, 1.54) is 0 Å². The van der Waals surface area contributed by atoms with Crippen LogP contribution in [-0.4, -0.2) is 9.97 Å². The zero-order chi connectivity index (χ0) is 11.7. The highest BCUT2D eigenvalue weighted by Gasteiger charge is 2.06. The van der Waals surface area contributed by atoms with E-state index in [4.69, 9.17) is 28.9 Å². The predicted octanol–water partition coefficient (Wildman–Crippen LogP) is 3.80. The highest BCUT2D eigenvalue weighted by Crippen LogP contribution is 2.26. The topological polar surface area (TPSA) is 51.8 Å². The third-order valence-electron chi connectivity index (χ3n) is 1.89. The fourth-order valence-corrected chi connectivity index (χ4v) is 1.92. The van der Waals surface area contributed by atoms with E-state index < -0.39 is 0 Å². The molecule has 0 saturated carbocycles. The number of rotatable bonds is 1. The van der Waals surface area contributed by atoms with Gasteiger partial charge in [0.05, 0.1) is 4.47 Å². The van der Waals surface area contributed by atoms with Gasteiger partial charge in [-0.15, -0.1) is 0 Å². The highest BCUT2D eigenvalue weighted by molar-refractivity contribution is 9.10. The lowest BCUT2D eigenvalue weighted by Gasteiger charge is -2.03. The minimum atomic E-state index is 0.376. The zero-order valence-electron chi connectivity index (χ0n) is 7.92. The number of hydrogen-bond acceptors (Lipinski definition) is 3. The smallest absolute Gasteiger partial charge is 0.161 e. The van der Waals surface area contributed by atoms with Crippen LogP contribution in [0.3, 0.4) is 0 Å². The molecular formula is C10H6BrCl2N3. The molecule has 1 aromatic heterocycles. The van der Waals surface area contributed by atoms with Crippen LogP contribution in [0.15, 0.2) is 28.9 Å². The van der Waals surface area contributed by atoms with Crippen LogP contribution in [0.25, 0.3) is 11.4 Å². The lowest BCUT2D eigenvalue weighted by Crippen LogP contribution is -1.96. The molecule has 1 heterocycles. The van der Waals surface area contributed by atoms with Crippen molar-refractivity contribution in [3.63, 3.8) is 0 Å². The van der Waals surface area contributed by atoms with Crippen molar-refractivity contribution >= 4 is 44.9 Å². The van der Waals surface area contributed by atoms with Crippen LogP contribution in [0, 0.1) is 0 Å². The summed E-state index contributed by atoms with van der Waals surface area (Å²) in [7, 11) is 0. The van der Waals surface area contributed by atoms with Gasteiger partial charge < -0.3 is 5.73 Å². The van der Waals surface area contributed by atoms with Crippen LogP contribution in [0.2, 0.25) is 10.0 Å². The van der Waals surface area contributed by atoms with Gasteiger partial charge in [0.15, 0.2) is 5.82 Å². The molecule has 0 aliphatic heterocycles. The lowest BCUT2D eigenvalue weighted by molar-refractivity contribution is 1.17. The monoisotopic (exact) mass is 317 g/mol. The molecule has 82 valence electrons. The van der Waals surface area contributed by atoms with Gasteiger partial charge in [0.2, 0.25) is 0 Å². The molecule has 2 aromatic rings. The second-order valence-corrected chi connectivity index (χ2v) is 4.81. The Balaban J connectivity index is 2.54. The Morgan fingerprint density at radius 3 is 2.31 bits per heavy atom. The van der Waals surface area contributed by atoms with Crippen molar-refractivity contribution in [1.82, 2.24) is 9.97 Å². The van der Waals surface area contributed by atoms with E-state index in [0.717, 1.165) is 5.56 Å². The van der Waals surface area contributed by atoms with Crippen molar-refractivity contribution in [1.29, 1.82) is 0 Å². The molecule has 0 radical (unpaired) electrons. The summed E-state index contributed by atoms with van der Waals surface area (Å²) in [5.74, 6) is 0.867. The van der Waals surface area contributed by atoms with Crippen molar-refractivity contribution in [2.24, 2.45) is 0 Å². The van der Waals surface area contributed by atoms with E-state index in [-0.39, 0.29) is 0 Å². The molecule has 0 fully saturated rings. The van der Waals surface area contributed by atoms with Gasteiger partial charge in [0.1, 0.15) is 5.82 Å². The zero-order valence-corrected chi connectivity index (χ0v) is 11.0. The quantitative estimate of drug-likeness (QED) is 0.870. The van der Waals surface area contributed by atoms with Crippen molar-refractivity contribution in [2.75, 3.05) is 5.73 Å². The number of halogens is 3. The standard InChI is InChI=1S/C10H6BrCl2N3/c11-8-4-15-10(16-9(8)14)5-1-6(12)3-7(13)2-5/h1-4H,(H2,14,15,16). The van der Waals surface area contributed by atoms with Crippen molar-refractivity contribution in [2.45, 2.75) is 0 Å². The number of nitrogens with two attached hydrogens (primary N) is 1. The molecule has 2 rings (SSSR count). The molecule has 0 amide bonds. The maximum absolute atomic E-state index is 5.89. The molecule has 3 nitrogen and oxygen atoms in total. The first-order chi connectivity index (χ1) is 7.56. The second kappa shape index (κ2) is 4.57. The average Bonchev–Trinajstić information content (AvgIpc) is 2.20. The first-order valence-corrected chi connectivity index (χ1v) is 5.85. The van der Waals surface area contributed by atoms with Crippen molar-refractivity contribution in [3.05, 3.63) is 38.9 Å². The first-order valence-electron chi connectivity index (χ1n) is 4.31. The maximum Gasteiger partial charge on any atom is 0.161 e. The Hall–Kier alpha value is -0.840. The number of nitrogen functional groups attached to an aromatic ring is 1. The summed E-state index contributed by atoms with van der Waals surface area (Å²) in [5.41, 5.74) is 6.40. The van der Waals surface area contributed by atoms with E-state index in [9.17, 15) is 0 Å². The average molecular weight is 319 g/mol. The Kier molecular flexibility index (Phi) is 3.33. The van der Waals surface area contributed by atoms with Gasteiger partial charge >= 0.3 is 0 Å².